The van der Waals surface area contributed by atoms with E-state index in [9.17, 15) is 4.79 Å². The third kappa shape index (κ3) is 3.48. The molecule has 1 unspecified atom stereocenters. The molecule has 3 aliphatic rings. The van der Waals surface area contributed by atoms with E-state index >= 15 is 0 Å². The van der Waals surface area contributed by atoms with Crippen LogP contribution in [0.3, 0.4) is 0 Å². The summed E-state index contributed by atoms with van der Waals surface area (Å²) in [6, 6.07) is 11.8. The maximum Gasteiger partial charge on any atom is 0.317 e. The normalized spacial score (nSPS) is 32.1. The molecule has 4 rings (SSSR count). The van der Waals surface area contributed by atoms with Crippen molar-refractivity contribution in [2.45, 2.75) is 49.3 Å². The average molecular weight is 330 g/mol. The van der Waals surface area contributed by atoms with Gasteiger partial charge >= 0.3 is 5.97 Å². The fourth-order valence-electron chi connectivity index (χ4n) is 4.36. The zero-order chi connectivity index (χ0) is 16.6. The summed E-state index contributed by atoms with van der Waals surface area (Å²) in [5, 5.41) is 12.7. The van der Waals surface area contributed by atoms with Crippen molar-refractivity contribution in [2.75, 3.05) is 26.2 Å². The predicted octanol–water partition coefficient (Wildman–Crippen LogP) is 1.84. The molecule has 1 aliphatic carbocycles. The predicted molar refractivity (Wildman–Crippen MR) is 91.1 cm³/mol. The van der Waals surface area contributed by atoms with Gasteiger partial charge in [-0.25, -0.2) is 0 Å². The molecule has 2 saturated heterocycles. The van der Waals surface area contributed by atoms with Gasteiger partial charge < -0.3 is 15.2 Å². The summed E-state index contributed by atoms with van der Waals surface area (Å²) >= 11 is 0. The molecule has 130 valence electrons. The molecule has 2 N–H and O–H groups in total. The number of carboxylic acid groups (broad SMARTS) is 1. The highest BCUT2D eigenvalue weighted by molar-refractivity contribution is 5.69. The van der Waals surface area contributed by atoms with Crippen LogP contribution in [0.2, 0.25) is 0 Å². The van der Waals surface area contributed by atoms with Gasteiger partial charge in [-0.05, 0) is 31.2 Å². The number of likely N-dealkylation sites (tertiary alicyclic amines) is 1. The Kier molecular flexibility index (Phi) is 4.33. The number of hydrogen-bond donors (Lipinski definition) is 2. The topological polar surface area (TPSA) is 61.8 Å². The standard InChI is InChI=1S/C19H26N2O3/c22-18(23)12-21-8-6-19(7-9-21)11-15(13-24-19)20-17-10-16(17)14-4-2-1-3-5-14/h1-5,15-17,20H,6-13H2,(H,22,23)/t15?,16-,17+/m0/s1. The Morgan fingerprint density at radius 2 is 2.04 bits per heavy atom. The molecule has 2 aliphatic heterocycles. The van der Waals surface area contributed by atoms with Crippen molar-refractivity contribution >= 4 is 5.97 Å². The van der Waals surface area contributed by atoms with Crippen molar-refractivity contribution in [1.29, 1.82) is 0 Å². The number of carboxylic acids is 1. The number of aliphatic carboxylic acids is 1. The number of carbonyl (C=O) groups is 1. The minimum absolute atomic E-state index is 0.0240. The molecule has 1 aromatic rings. The summed E-state index contributed by atoms with van der Waals surface area (Å²) in [6.45, 7) is 2.60. The lowest BCUT2D eigenvalue weighted by molar-refractivity contribution is -0.139. The van der Waals surface area contributed by atoms with Crippen LogP contribution in [0.4, 0.5) is 0 Å². The van der Waals surface area contributed by atoms with Crippen molar-refractivity contribution in [1.82, 2.24) is 10.2 Å². The van der Waals surface area contributed by atoms with E-state index in [1.54, 1.807) is 0 Å². The molecule has 0 radical (unpaired) electrons. The zero-order valence-corrected chi connectivity index (χ0v) is 14.0. The van der Waals surface area contributed by atoms with Crippen molar-refractivity contribution in [3.8, 4) is 0 Å². The quantitative estimate of drug-likeness (QED) is 0.863. The Hall–Kier alpha value is -1.43. The molecule has 3 atom stereocenters. The van der Waals surface area contributed by atoms with Gasteiger partial charge in [0.1, 0.15) is 0 Å². The van der Waals surface area contributed by atoms with Gasteiger partial charge in [0.2, 0.25) is 0 Å². The van der Waals surface area contributed by atoms with Crippen molar-refractivity contribution in [3.63, 3.8) is 0 Å². The third-order valence-electron chi connectivity index (χ3n) is 5.80. The number of ether oxygens (including phenoxy) is 1. The van der Waals surface area contributed by atoms with E-state index in [-0.39, 0.29) is 12.1 Å². The molecular weight excluding hydrogens is 304 g/mol. The van der Waals surface area contributed by atoms with Gasteiger partial charge in [0.05, 0.1) is 18.8 Å². The molecule has 5 heteroatoms. The second-order valence-electron chi connectivity index (χ2n) is 7.59. The maximum absolute atomic E-state index is 10.8. The van der Waals surface area contributed by atoms with Crippen LogP contribution in [0, 0.1) is 0 Å². The summed E-state index contributed by atoms with van der Waals surface area (Å²) in [6.07, 6.45) is 4.18. The number of piperidine rings is 1. The Balaban J connectivity index is 1.25. The van der Waals surface area contributed by atoms with Crippen molar-refractivity contribution < 1.29 is 14.6 Å². The zero-order valence-electron chi connectivity index (χ0n) is 14.0. The van der Waals surface area contributed by atoms with Crippen LogP contribution in [0.5, 0.6) is 0 Å². The lowest BCUT2D eigenvalue weighted by Crippen LogP contribution is -2.46. The highest BCUT2D eigenvalue weighted by atomic mass is 16.5. The van der Waals surface area contributed by atoms with Gasteiger partial charge in [0.15, 0.2) is 0 Å². The Morgan fingerprint density at radius 3 is 2.75 bits per heavy atom. The molecule has 24 heavy (non-hydrogen) atoms. The number of nitrogens with one attached hydrogen (secondary N) is 1. The Labute approximate surface area is 143 Å². The van der Waals surface area contributed by atoms with E-state index in [4.69, 9.17) is 9.84 Å². The molecule has 0 amide bonds. The summed E-state index contributed by atoms with van der Waals surface area (Å²) in [5.74, 6) is -0.0846. The molecule has 1 saturated carbocycles. The average Bonchev–Trinajstić information content (AvgIpc) is 3.24. The maximum atomic E-state index is 10.8. The van der Waals surface area contributed by atoms with E-state index in [1.807, 2.05) is 4.90 Å². The molecule has 1 aromatic carbocycles. The van der Waals surface area contributed by atoms with Gasteiger partial charge in [-0.2, -0.15) is 0 Å². The van der Waals surface area contributed by atoms with E-state index in [1.165, 1.54) is 12.0 Å². The van der Waals surface area contributed by atoms with Crippen LogP contribution in [0.25, 0.3) is 0 Å². The van der Waals surface area contributed by atoms with E-state index in [2.05, 4.69) is 35.6 Å². The molecule has 0 bridgehead atoms. The highest BCUT2D eigenvalue weighted by Gasteiger charge is 2.46. The van der Waals surface area contributed by atoms with Gasteiger partial charge in [0.25, 0.3) is 0 Å². The number of hydrogen-bond acceptors (Lipinski definition) is 4. The van der Waals surface area contributed by atoms with Crippen LogP contribution in [-0.4, -0.2) is 59.9 Å². The van der Waals surface area contributed by atoms with Crippen molar-refractivity contribution in [3.05, 3.63) is 35.9 Å². The third-order valence-corrected chi connectivity index (χ3v) is 5.80. The molecule has 5 nitrogen and oxygen atoms in total. The first-order chi connectivity index (χ1) is 11.6. The van der Waals surface area contributed by atoms with Crippen LogP contribution in [0.1, 0.15) is 37.2 Å². The molecule has 2 heterocycles. The first-order valence-electron chi connectivity index (χ1n) is 9.03. The lowest BCUT2D eigenvalue weighted by Gasteiger charge is -2.38. The highest BCUT2D eigenvalue weighted by Crippen LogP contribution is 2.43. The summed E-state index contributed by atoms with van der Waals surface area (Å²) in [5.41, 5.74) is 1.41. The fraction of sp³-hybridized carbons (Fsp3) is 0.632. The fourth-order valence-corrected chi connectivity index (χ4v) is 4.36. The van der Waals surface area contributed by atoms with Crippen molar-refractivity contribution in [2.24, 2.45) is 0 Å². The molecule has 3 fully saturated rings. The van der Waals surface area contributed by atoms with E-state index in [0.717, 1.165) is 39.0 Å². The van der Waals surface area contributed by atoms with Gasteiger partial charge in [-0.15, -0.1) is 0 Å². The second kappa shape index (κ2) is 6.47. The van der Waals surface area contributed by atoms with Gasteiger partial charge in [-0.3, -0.25) is 9.69 Å². The Morgan fingerprint density at radius 1 is 1.29 bits per heavy atom. The van der Waals surface area contributed by atoms with Crippen LogP contribution in [-0.2, 0) is 9.53 Å². The number of rotatable bonds is 5. The van der Waals surface area contributed by atoms with Gasteiger partial charge in [0, 0.05) is 31.1 Å². The molecule has 0 aromatic heterocycles. The van der Waals surface area contributed by atoms with Crippen LogP contribution in [0.15, 0.2) is 30.3 Å². The first kappa shape index (κ1) is 16.1. The first-order valence-corrected chi connectivity index (χ1v) is 9.03. The molecular formula is C19H26N2O3. The van der Waals surface area contributed by atoms with Crippen LogP contribution < -0.4 is 5.32 Å². The lowest BCUT2D eigenvalue weighted by atomic mass is 9.87. The van der Waals surface area contributed by atoms with Gasteiger partial charge in [-0.1, -0.05) is 30.3 Å². The van der Waals surface area contributed by atoms with Crippen LogP contribution >= 0.6 is 0 Å². The second-order valence-corrected chi connectivity index (χ2v) is 7.59. The number of benzene rings is 1. The monoisotopic (exact) mass is 330 g/mol. The largest absolute Gasteiger partial charge is 0.480 e. The summed E-state index contributed by atoms with van der Waals surface area (Å²) in [7, 11) is 0. The summed E-state index contributed by atoms with van der Waals surface area (Å²) in [4.78, 5) is 12.8. The SMILES string of the molecule is O=C(O)CN1CCC2(CC1)CC(N[C@@H]1C[C@H]1c1ccccc1)CO2. The minimum Gasteiger partial charge on any atom is -0.480 e. The van der Waals surface area contributed by atoms with E-state index in [0.29, 0.717) is 18.0 Å². The minimum atomic E-state index is -0.737. The Bertz CT molecular complexity index is 584. The number of nitrogens with zero attached hydrogens (tertiary/aromatic N) is 1. The molecule has 1 spiro atoms. The van der Waals surface area contributed by atoms with E-state index < -0.39 is 5.97 Å². The summed E-state index contributed by atoms with van der Waals surface area (Å²) < 4.78 is 6.18. The smallest absolute Gasteiger partial charge is 0.317 e.